The maximum Gasteiger partial charge on any atom is 0.123 e. The number of hydrogen-bond donors (Lipinski definition) is 1. The molecule has 0 spiro atoms. The molecule has 1 unspecified atom stereocenters. The fourth-order valence-electron chi connectivity index (χ4n) is 5.93. The largest absolute Gasteiger partial charge is 0.490 e. The molecule has 3 aromatic rings. The number of unbranched alkanes of at least 4 members (excludes halogenated alkanes) is 15. The zero-order valence-corrected chi connectivity index (χ0v) is 26.9. The first-order chi connectivity index (χ1) is 21.3. The molecule has 3 nitrogen and oxygen atoms in total. The van der Waals surface area contributed by atoms with Crippen LogP contribution in [0.2, 0.25) is 0 Å². The number of hydrogen-bond acceptors (Lipinski definition) is 3. The van der Waals surface area contributed by atoms with Crippen LogP contribution in [0.25, 0.3) is 0 Å². The molecule has 0 saturated carbocycles. The number of aliphatic hydroxyl groups is 1. The van der Waals surface area contributed by atoms with E-state index in [0.29, 0.717) is 13.2 Å². The van der Waals surface area contributed by atoms with E-state index in [0.717, 1.165) is 17.7 Å². The van der Waals surface area contributed by atoms with E-state index >= 15 is 0 Å². The minimum atomic E-state index is -0.323. The fourth-order valence-corrected chi connectivity index (χ4v) is 5.93. The van der Waals surface area contributed by atoms with Crippen molar-refractivity contribution in [3.8, 4) is 5.75 Å². The average molecular weight is 587 g/mol. The number of rotatable bonds is 25. The molecule has 0 bridgehead atoms. The van der Waals surface area contributed by atoms with Gasteiger partial charge in [0.05, 0.1) is 6.61 Å². The molecule has 0 aliphatic carbocycles. The molecule has 0 aromatic heterocycles. The van der Waals surface area contributed by atoms with Gasteiger partial charge in [-0.25, -0.2) is 0 Å². The maximum atomic E-state index is 9.97. The predicted octanol–water partition coefficient (Wildman–Crippen LogP) is 10.9. The highest BCUT2D eigenvalue weighted by Gasteiger charge is 2.21. The predicted molar refractivity (Wildman–Crippen MR) is 182 cm³/mol. The van der Waals surface area contributed by atoms with Crippen molar-refractivity contribution >= 4 is 0 Å². The standard InChI is InChI=1S/C40H58O3/c1-2-3-4-5-6-7-8-9-10-11-12-13-14-15-16-25-32-42-37(33-41)34-43-39-31-24-23-30-38(39)40(35-26-19-17-20-27-35)36-28-21-18-22-29-36/h17-24,26-31,37,40-41H,2-16,25,32-34H2,1H3. The van der Waals surface area contributed by atoms with Crippen molar-refractivity contribution in [3.63, 3.8) is 0 Å². The lowest BCUT2D eigenvalue weighted by molar-refractivity contribution is -0.0151. The molecule has 1 atom stereocenters. The SMILES string of the molecule is CCCCCCCCCCCCCCCCCCOC(CO)COc1ccccc1C(c1ccccc1)c1ccccc1. The Morgan fingerprint density at radius 3 is 1.47 bits per heavy atom. The van der Waals surface area contributed by atoms with Crippen molar-refractivity contribution in [2.45, 2.75) is 122 Å². The molecule has 0 aliphatic rings. The van der Waals surface area contributed by atoms with E-state index in [-0.39, 0.29) is 18.6 Å². The van der Waals surface area contributed by atoms with Crippen LogP contribution >= 0.6 is 0 Å². The van der Waals surface area contributed by atoms with Crippen LogP contribution in [0.15, 0.2) is 84.9 Å². The smallest absolute Gasteiger partial charge is 0.123 e. The third kappa shape index (κ3) is 14.1. The van der Waals surface area contributed by atoms with Crippen LogP contribution in [-0.4, -0.2) is 31.0 Å². The molecule has 3 aromatic carbocycles. The number of ether oxygens (including phenoxy) is 2. The second kappa shape index (κ2) is 22.9. The molecule has 3 rings (SSSR count). The molecule has 236 valence electrons. The van der Waals surface area contributed by atoms with Gasteiger partial charge in [-0.1, -0.05) is 182 Å². The highest BCUT2D eigenvalue weighted by Crippen LogP contribution is 2.37. The lowest BCUT2D eigenvalue weighted by Gasteiger charge is -2.23. The molecular formula is C40H58O3. The van der Waals surface area contributed by atoms with E-state index in [9.17, 15) is 5.11 Å². The lowest BCUT2D eigenvalue weighted by Crippen LogP contribution is -2.26. The van der Waals surface area contributed by atoms with E-state index in [1.54, 1.807) is 0 Å². The summed E-state index contributed by atoms with van der Waals surface area (Å²) in [5, 5.41) is 9.97. The van der Waals surface area contributed by atoms with Crippen LogP contribution in [0.5, 0.6) is 5.75 Å². The van der Waals surface area contributed by atoms with Gasteiger partial charge in [0.1, 0.15) is 18.5 Å². The van der Waals surface area contributed by atoms with Crippen LogP contribution in [0.1, 0.15) is 132 Å². The molecular weight excluding hydrogens is 528 g/mol. The second-order valence-corrected chi connectivity index (χ2v) is 12.1. The first-order valence-corrected chi connectivity index (χ1v) is 17.4. The van der Waals surface area contributed by atoms with Gasteiger partial charge in [0.2, 0.25) is 0 Å². The van der Waals surface area contributed by atoms with E-state index in [1.165, 1.54) is 107 Å². The Kier molecular flexibility index (Phi) is 18.5. The van der Waals surface area contributed by atoms with Gasteiger partial charge in [0.25, 0.3) is 0 Å². The zero-order valence-electron chi connectivity index (χ0n) is 26.9. The molecule has 0 fully saturated rings. The Morgan fingerprint density at radius 2 is 0.977 bits per heavy atom. The van der Waals surface area contributed by atoms with Crippen LogP contribution in [0, 0.1) is 0 Å². The summed E-state index contributed by atoms with van der Waals surface area (Å²) in [5.74, 6) is 0.905. The highest BCUT2D eigenvalue weighted by atomic mass is 16.5. The summed E-state index contributed by atoms with van der Waals surface area (Å²) < 4.78 is 12.3. The van der Waals surface area contributed by atoms with Gasteiger partial charge in [0.15, 0.2) is 0 Å². The summed E-state index contributed by atoms with van der Waals surface area (Å²) in [5.41, 5.74) is 3.57. The summed E-state index contributed by atoms with van der Waals surface area (Å²) in [7, 11) is 0. The molecule has 3 heteroatoms. The average Bonchev–Trinajstić information content (AvgIpc) is 3.05. The second-order valence-electron chi connectivity index (χ2n) is 12.1. The quantitative estimate of drug-likeness (QED) is 0.0793. The van der Waals surface area contributed by atoms with E-state index in [1.807, 2.05) is 12.1 Å². The summed E-state index contributed by atoms with van der Waals surface area (Å²) in [6.45, 7) is 3.26. The van der Waals surface area contributed by atoms with Gasteiger partial charge >= 0.3 is 0 Å². The number of benzene rings is 3. The Labute approximate surface area is 263 Å². The van der Waals surface area contributed by atoms with Gasteiger partial charge in [-0.15, -0.1) is 0 Å². The van der Waals surface area contributed by atoms with Gasteiger partial charge in [-0.2, -0.15) is 0 Å². The van der Waals surface area contributed by atoms with Crippen LogP contribution < -0.4 is 4.74 Å². The molecule has 0 saturated heterocycles. The zero-order chi connectivity index (χ0) is 30.2. The van der Waals surface area contributed by atoms with Crippen molar-refractivity contribution in [1.82, 2.24) is 0 Å². The first-order valence-electron chi connectivity index (χ1n) is 17.4. The van der Waals surface area contributed by atoms with E-state index in [2.05, 4.69) is 79.7 Å². The number of para-hydroxylation sites is 1. The Balaban J connectivity index is 1.30. The maximum absolute atomic E-state index is 9.97. The molecule has 0 aliphatic heterocycles. The van der Waals surface area contributed by atoms with E-state index < -0.39 is 0 Å². The topological polar surface area (TPSA) is 38.7 Å². The van der Waals surface area contributed by atoms with Gasteiger partial charge in [0, 0.05) is 18.1 Å². The summed E-state index contributed by atoms with van der Waals surface area (Å²) >= 11 is 0. The summed E-state index contributed by atoms with van der Waals surface area (Å²) in [6, 6.07) is 29.4. The van der Waals surface area contributed by atoms with Crippen LogP contribution in [0.4, 0.5) is 0 Å². The summed E-state index contributed by atoms with van der Waals surface area (Å²) in [6.07, 6.45) is 21.4. The van der Waals surface area contributed by atoms with Crippen molar-refractivity contribution in [2.24, 2.45) is 0 Å². The van der Waals surface area contributed by atoms with Crippen LogP contribution in [0.3, 0.4) is 0 Å². The van der Waals surface area contributed by atoms with Gasteiger partial charge in [-0.05, 0) is 23.6 Å². The van der Waals surface area contributed by atoms with Crippen molar-refractivity contribution in [2.75, 3.05) is 19.8 Å². The minimum absolute atomic E-state index is 0.0399. The monoisotopic (exact) mass is 586 g/mol. The third-order valence-electron chi connectivity index (χ3n) is 8.48. The van der Waals surface area contributed by atoms with Gasteiger partial charge < -0.3 is 14.6 Å². The minimum Gasteiger partial charge on any atom is -0.490 e. The van der Waals surface area contributed by atoms with Gasteiger partial charge in [-0.3, -0.25) is 0 Å². The fraction of sp³-hybridized carbons (Fsp3) is 0.550. The molecule has 1 N–H and O–H groups in total. The van der Waals surface area contributed by atoms with Crippen molar-refractivity contribution < 1.29 is 14.6 Å². The highest BCUT2D eigenvalue weighted by molar-refractivity contribution is 5.49. The lowest BCUT2D eigenvalue weighted by atomic mass is 9.85. The Morgan fingerprint density at radius 1 is 0.535 bits per heavy atom. The number of aliphatic hydroxyl groups excluding tert-OH is 1. The Hall–Kier alpha value is -2.62. The van der Waals surface area contributed by atoms with Crippen molar-refractivity contribution in [1.29, 1.82) is 0 Å². The van der Waals surface area contributed by atoms with Crippen molar-refractivity contribution in [3.05, 3.63) is 102 Å². The normalized spacial score (nSPS) is 12.1. The molecule has 0 heterocycles. The molecule has 0 amide bonds. The Bertz CT molecular complexity index is 1010. The first kappa shape index (κ1) is 34.9. The summed E-state index contributed by atoms with van der Waals surface area (Å²) in [4.78, 5) is 0. The molecule has 43 heavy (non-hydrogen) atoms. The third-order valence-corrected chi connectivity index (χ3v) is 8.48. The molecule has 0 radical (unpaired) electrons. The van der Waals surface area contributed by atoms with E-state index in [4.69, 9.17) is 9.47 Å². The van der Waals surface area contributed by atoms with Crippen LogP contribution in [-0.2, 0) is 4.74 Å².